The number of amidine groups is 1. The molecule has 0 fully saturated rings. The van der Waals surface area contributed by atoms with Crippen LogP contribution in [0.25, 0.3) is 0 Å². The van der Waals surface area contributed by atoms with Gasteiger partial charge in [-0.1, -0.05) is 11.6 Å². The molecule has 0 aliphatic rings. The number of aryl methyl sites for hydroxylation is 4. The van der Waals surface area contributed by atoms with Crippen molar-refractivity contribution in [2.24, 2.45) is 12.8 Å². The van der Waals surface area contributed by atoms with Gasteiger partial charge in [0, 0.05) is 12.1 Å². The summed E-state index contributed by atoms with van der Waals surface area (Å²) >= 11 is 6.14. The molecule has 1 aromatic carbocycles. The van der Waals surface area contributed by atoms with E-state index in [4.69, 9.17) is 27.5 Å². The van der Waals surface area contributed by atoms with Crippen LogP contribution in [0.2, 0.25) is 5.02 Å². The van der Waals surface area contributed by atoms with Gasteiger partial charge in [0.2, 0.25) is 5.88 Å². The van der Waals surface area contributed by atoms with Crippen molar-refractivity contribution in [1.82, 2.24) is 9.78 Å². The summed E-state index contributed by atoms with van der Waals surface area (Å²) in [6, 6.07) is 3.70. The van der Waals surface area contributed by atoms with Gasteiger partial charge in [-0.25, -0.2) is 4.68 Å². The SMILES string of the molecule is Cc1cc(Oc2c(C(=N)N)c(C)nn2C)cc(C)c1Cl. The highest BCUT2D eigenvalue weighted by atomic mass is 35.5. The van der Waals surface area contributed by atoms with E-state index in [0.29, 0.717) is 22.9 Å². The highest BCUT2D eigenvalue weighted by Gasteiger charge is 2.18. The van der Waals surface area contributed by atoms with Gasteiger partial charge in [0.15, 0.2) is 0 Å². The van der Waals surface area contributed by atoms with Crippen molar-refractivity contribution in [1.29, 1.82) is 5.41 Å². The lowest BCUT2D eigenvalue weighted by Gasteiger charge is -2.11. The Morgan fingerprint density at radius 1 is 1.30 bits per heavy atom. The van der Waals surface area contributed by atoms with Crippen LogP contribution in [0.5, 0.6) is 11.6 Å². The van der Waals surface area contributed by atoms with Gasteiger partial charge in [-0.05, 0) is 44.0 Å². The smallest absolute Gasteiger partial charge is 0.228 e. The number of nitrogens with two attached hydrogens (primary N) is 1. The number of hydrogen-bond donors (Lipinski definition) is 2. The third kappa shape index (κ3) is 2.49. The summed E-state index contributed by atoms with van der Waals surface area (Å²) in [7, 11) is 1.75. The molecule has 6 heteroatoms. The first-order chi connectivity index (χ1) is 9.31. The maximum absolute atomic E-state index is 7.64. The van der Waals surface area contributed by atoms with Crippen LogP contribution in [-0.2, 0) is 7.05 Å². The second kappa shape index (κ2) is 5.17. The number of aromatic nitrogens is 2. The monoisotopic (exact) mass is 292 g/mol. The second-order valence-corrected chi connectivity index (χ2v) is 5.15. The zero-order valence-electron chi connectivity index (χ0n) is 11.9. The molecule has 0 spiro atoms. The molecular weight excluding hydrogens is 276 g/mol. The van der Waals surface area contributed by atoms with Crippen molar-refractivity contribution >= 4 is 17.4 Å². The molecule has 2 rings (SSSR count). The second-order valence-electron chi connectivity index (χ2n) is 4.78. The first-order valence-corrected chi connectivity index (χ1v) is 6.51. The minimum absolute atomic E-state index is 0.0620. The molecule has 0 aliphatic heterocycles. The molecular formula is C14H17ClN4O. The van der Waals surface area contributed by atoms with Crippen molar-refractivity contribution in [2.75, 3.05) is 0 Å². The third-order valence-electron chi connectivity index (χ3n) is 3.06. The fourth-order valence-electron chi connectivity index (χ4n) is 2.14. The average molecular weight is 293 g/mol. The van der Waals surface area contributed by atoms with Gasteiger partial charge in [0.05, 0.1) is 5.69 Å². The zero-order chi connectivity index (χ0) is 15.0. The first kappa shape index (κ1) is 14.4. The van der Waals surface area contributed by atoms with Crippen molar-refractivity contribution < 1.29 is 4.74 Å². The maximum atomic E-state index is 7.64. The molecule has 0 saturated heterocycles. The normalized spacial score (nSPS) is 10.7. The number of halogens is 1. The Morgan fingerprint density at radius 2 is 1.85 bits per heavy atom. The van der Waals surface area contributed by atoms with Crippen LogP contribution >= 0.6 is 11.6 Å². The zero-order valence-corrected chi connectivity index (χ0v) is 12.7. The lowest BCUT2D eigenvalue weighted by Crippen LogP contribution is -2.13. The van der Waals surface area contributed by atoms with E-state index in [2.05, 4.69) is 5.10 Å². The first-order valence-electron chi connectivity index (χ1n) is 6.14. The summed E-state index contributed by atoms with van der Waals surface area (Å²) in [4.78, 5) is 0. The van der Waals surface area contributed by atoms with Crippen molar-refractivity contribution in [3.8, 4) is 11.6 Å². The Balaban J connectivity index is 2.48. The van der Waals surface area contributed by atoms with Crippen LogP contribution in [0, 0.1) is 26.2 Å². The minimum atomic E-state index is -0.0620. The van der Waals surface area contributed by atoms with Gasteiger partial charge < -0.3 is 10.5 Å². The van der Waals surface area contributed by atoms with E-state index in [1.54, 1.807) is 18.7 Å². The molecule has 0 atom stereocenters. The fraction of sp³-hybridized carbons (Fsp3) is 0.286. The van der Waals surface area contributed by atoms with Gasteiger partial charge in [-0.15, -0.1) is 0 Å². The van der Waals surface area contributed by atoms with Crippen LogP contribution < -0.4 is 10.5 Å². The number of nitrogens with one attached hydrogen (secondary N) is 1. The van der Waals surface area contributed by atoms with Gasteiger partial charge in [-0.2, -0.15) is 5.10 Å². The number of hydrogen-bond acceptors (Lipinski definition) is 3. The van der Waals surface area contributed by atoms with Crippen LogP contribution in [0.15, 0.2) is 12.1 Å². The van der Waals surface area contributed by atoms with Crippen LogP contribution in [0.4, 0.5) is 0 Å². The Labute approximate surface area is 122 Å². The maximum Gasteiger partial charge on any atom is 0.228 e. The Kier molecular flexibility index (Phi) is 3.72. The van der Waals surface area contributed by atoms with Gasteiger partial charge in [-0.3, -0.25) is 5.41 Å². The van der Waals surface area contributed by atoms with E-state index < -0.39 is 0 Å². The lowest BCUT2D eigenvalue weighted by molar-refractivity contribution is 0.429. The summed E-state index contributed by atoms with van der Waals surface area (Å²) in [5.74, 6) is 1.04. The molecule has 0 saturated carbocycles. The van der Waals surface area contributed by atoms with E-state index >= 15 is 0 Å². The number of ether oxygens (including phenoxy) is 1. The molecule has 0 amide bonds. The van der Waals surface area contributed by atoms with Crippen molar-refractivity contribution in [3.05, 3.63) is 39.5 Å². The fourth-order valence-corrected chi connectivity index (χ4v) is 2.25. The molecule has 0 radical (unpaired) electrons. The van der Waals surface area contributed by atoms with Crippen molar-refractivity contribution in [2.45, 2.75) is 20.8 Å². The Hall–Kier alpha value is -2.01. The highest BCUT2D eigenvalue weighted by Crippen LogP contribution is 2.31. The molecule has 20 heavy (non-hydrogen) atoms. The molecule has 5 nitrogen and oxygen atoms in total. The summed E-state index contributed by atoms with van der Waals surface area (Å²) in [5.41, 5.74) is 8.64. The molecule has 0 aliphatic carbocycles. The quantitative estimate of drug-likeness (QED) is 0.674. The number of nitrogens with zero attached hydrogens (tertiary/aromatic N) is 2. The molecule has 3 N–H and O–H groups in total. The van der Waals surface area contributed by atoms with E-state index in [1.165, 1.54) is 0 Å². The van der Waals surface area contributed by atoms with Gasteiger partial charge in [0.1, 0.15) is 17.1 Å². The molecule has 106 valence electrons. The number of rotatable bonds is 3. The van der Waals surface area contributed by atoms with Crippen LogP contribution in [0.3, 0.4) is 0 Å². The van der Waals surface area contributed by atoms with E-state index in [0.717, 1.165) is 16.1 Å². The molecule has 1 aromatic heterocycles. The summed E-state index contributed by atoms with van der Waals surface area (Å²) in [6.45, 7) is 5.63. The van der Waals surface area contributed by atoms with Crippen LogP contribution in [0.1, 0.15) is 22.4 Å². The topological polar surface area (TPSA) is 76.9 Å². The summed E-state index contributed by atoms with van der Waals surface area (Å²) in [5, 5.41) is 12.6. The Bertz CT molecular complexity index is 668. The van der Waals surface area contributed by atoms with E-state index in [9.17, 15) is 0 Å². The largest absolute Gasteiger partial charge is 0.438 e. The van der Waals surface area contributed by atoms with E-state index in [1.807, 2.05) is 26.0 Å². The lowest BCUT2D eigenvalue weighted by atomic mass is 10.1. The third-order valence-corrected chi connectivity index (χ3v) is 3.66. The number of nitrogen functional groups attached to an aromatic ring is 1. The van der Waals surface area contributed by atoms with E-state index in [-0.39, 0.29) is 5.84 Å². The Morgan fingerprint density at radius 3 is 2.35 bits per heavy atom. The number of benzene rings is 1. The predicted octanol–water partition coefficient (Wildman–Crippen LogP) is 3.08. The van der Waals surface area contributed by atoms with Crippen LogP contribution in [-0.4, -0.2) is 15.6 Å². The summed E-state index contributed by atoms with van der Waals surface area (Å²) in [6.07, 6.45) is 0. The van der Waals surface area contributed by atoms with Gasteiger partial charge >= 0.3 is 0 Å². The average Bonchev–Trinajstić information content (AvgIpc) is 2.61. The van der Waals surface area contributed by atoms with Crippen molar-refractivity contribution in [3.63, 3.8) is 0 Å². The van der Waals surface area contributed by atoms with Gasteiger partial charge in [0.25, 0.3) is 0 Å². The molecule has 0 bridgehead atoms. The summed E-state index contributed by atoms with van der Waals surface area (Å²) < 4.78 is 7.43. The predicted molar refractivity (Wildman–Crippen MR) is 80.0 cm³/mol. The molecule has 2 aromatic rings. The standard InChI is InChI=1S/C14H17ClN4O/c1-7-5-10(6-8(2)12(7)15)20-14-11(13(16)17)9(3)18-19(14)4/h5-6H,1-4H3,(H3,16,17). The minimum Gasteiger partial charge on any atom is -0.438 e. The molecule has 1 heterocycles. The molecule has 0 unspecified atom stereocenters. The highest BCUT2D eigenvalue weighted by molar-refractivity contribution is 6.32.